The zero-order valence-electron chi connectivity index (χ0n) is 16.1. The molecule has 1 spiro atoms. The molecule has 1 N–H and O–H groups in total. The van der Waals surface area contributed by atoms with E-state index in [1.165, 1.54) is 10.1 Å². The van der Waals surface area contributed by atoms with Gasteiger partial charge in [-0.1, -0.05) is 6.07 Å². The van der Waals surface area contributed by atoms with Crippen molar-refractivity contribution >= 4 is 11.6 Å². The van der Waals surface area contributed by atoms with E-state index >= 15 is 0 Å². The molecule has 3 aromatic rings. The first-order valence-corrected chi connectivity index (χ1v) is 9.68. The highest BCUT2D eigenvalue weighted by Crippen LogP contribution is 2.41. The minimum atomic E-state index is -0.581. The van der Waals surface area contributed by atoms with Gasteiger partial charge in [-0.3, -0.25) is 14.1 Å². The molecule has 2 aliphatic rings. The molecule has 1 amide bonds. The third-order valence-corrected chi connectivity index (χ3v) is 6.45. The summed E-state index contributed by atoms with van der Waals surface area (Å²) in [5.41, 5.74) is 3.22. The maximum Gasteiger partial charge on any atom is 0.277 e. The first kappa shape index (κ1) is 17.4. The Morgan fingerprint density at radius 3 is 2.79 bits per heavy atom. The monoisotopic (exact) mass is 382 g/mol. The molecule has 146 valence electrons. The van der Waals surface area contributed by atoms with Crippen molar-refractivity contribution < 1.29 is 9.18 Å². The van der Waals surface area contributed by atoms with Gasteiger partial charge >= 0.3 is 0 Å². The van der Waals surface area contributed by atoms with Crippen LogP contribution in [0.5, 0.6) is 0 Å². The molecule has 0 radical (unpaired) electrons. The number of imidazole rings is 2. The van der Waals surface area contributed by atoms with Gasteiger partial charge in [0, 0.05) is 37.4 Å². The Kier molecular flexibility index (Phi) is 3.80. The average Bonchev–Trinajstić information content (AvgIpc) is 3.31. The number of halogens is 1. The number of carbonyl (C=O) groups excluding carboxylic acids is 1. The van der Waals surface area contributed by atoms with Gasteiger partial charge in [0.25, 0.3) is 5.91 Å². The zero-order valence-corrected chi connectivity index (χ0v) is 16.1. The van der Waals surface area contributed by atoms with Crippen molar-refractivity contribution in [2.75, 3.05) is 26.7 Å². The summed E-state index contributed by atoms with van der Waals surface area (Å²) in [5.74, 6) is -0.918. The fraction of sp³-hybridized carbons (Fsp3) is 0.450. The summed E-state index contributed by atoms with van der Waals surface area (Å²) >= 11 is 0. The quantitative estimate of drug-likeness (QED) is 0.700. The standard InChI is InChI=1S/C20H23FN6O/c1-13-4-3-5-15-24-16(18(21)27(13)15)19(28)26-10-7-20(8-11-26)17-14(22-12-23-17)6-9-25(20)2/h3-5,12H,6-11H2,1-2H3,(H,22,23). The van der Waals surface area contributed by atoms with E-state index in [0.717, 1.165) is 31.5 Å². The number of carbonyl (C=O) groups is 1. The number of nitrogens with one attached hydrogen (secondary N) is 1. The van der Waals surface area contributed by atoms with E-state index in [2.05, 4.69) is 26.9 Å². The van der Waals surface area contributed by atoms with Crippen LogP contribution < -0.4 is 0 Å². The van der Waals surface area contributed by atoms with Crippen molar-refractivity contribution in [3.8, 4) is 0 Å². The molecule has 2 aliphatic heterocycles. The molecule has 8 heteroatoms. The highest BCUT2D eigenvalue weighted by Gasteiger charge is 2.46. The molecule has 5 heterocycles. The molecule has 28 heavy (non-hydrogen) atoms. The summed E-state index contributed by atoms with van der Waals surface area (Å²) < 4.78 is 16.3. The number of aryl methyl sites for hydroxylation is 1. The lowest BCUT2D eigenvalue weighted by Gasteiger charge is -2.49. The molecule has 0 saturated carbocycles. The van der Waals surface area contributed by atoms with Crippen LogP contribution in [0.3, 0.4) is 0 Å². The zero-order chi connectivity index (χ0) is 19.5. The number of piperidine rings is 1. The summed E-state index contributed by atoms with van der Waals surface area (Å²) in [6, 6.07) is 5.33. The van der Waals surface area contributed by atoms with E-state index in [0.29, 0.717) is 24.4 Å². The Hall–Kier alpha value is -2.74. The molecule has 7 nitrogen and oxygen atoms in total. The SMILES string of the molecule is Cc1cccc2nc(C(=O)N3CCC4(CC3)c3nc[nH]c3CCN4C)c(F)n12. The van der Waals surface area contributed by atoms with Gasteiger partial charge < -0.3 is 9.88 Å². The molecular formula is C20H23FN6O. The number of hydrogen-bond acceptors (Lipinski definition) is 4. The summed E-state index contributed by atoms with van der Waals surface area (Å²) in [5, 5.41) is 0. The van der Waals surface area contributed by atoms with Gasteiger partial charge in [-0.05, 0) is 38.9 Å². The highest BCUT2D eigenvalue weighted by atomic mass is 19.1. The molecule has 1 saturated heterocycles. The van der Waals surface area contributed by atoms with Gasteiger partial charge in [-0.25, -0.2) is 9.97 Å². The van der Waals surface area contributed by atoms with Crippen LogP contribution in [0, 0.1) is 12.9 Å². The van der Waals surface area contributed by atoms with Crippen molar-refractivity contribution in [1.82, 2.24) is 29.2 Å². The van der Waals surface area contributed by atoms with Crippen molar-refractivity contribution in [2.45, 2.75) is 31.7 Å². The molecule has 5 rings (SSSR count). The second-order valence-corrected chi connectivity index (χ2v) is 7.84. The average molecular weight is 382 g/mol. The van der Waals surface area contributed by atoms with E-state index in [4.69, 9.17) is 0 Å². The normalized spacial score (nSPS) is 19.3. The molecule has 0 aromatic carbocycles. The predicted octanol–water partition coefficient (Wildman–Crippen LogP) is 2.12. The molecule has 3 aromatic heterocycles. The summed E-state index contributed by atoms with van der Waals surface area (Å²) in [7, 11) is 2.12. The summed E-state index contributed by atoms with van der Waals surface area (Å²) in [6.07, 6.45) is 4.28. The number of hydrogen-bond donors (Lipinski definition) is 1. The highest BCUT2D eigenvalue weighted by molar-refractivity contribution is 5.93. The maximum atomic E-state index is 14.9. The van der Waals surface area contributed by atoms with E-state index in [1.807, 2.05) is 6.07 Å². The van der Waals surface area contributed by atoms with Gasteiger partial charge in [0.05, 0.1) is 17.6 Å². The topological polar surface area (TPSA) is 69.5 Å². The van der Waals surface area contributed by atoms with Crippen molar-refractivity contribution in [2.24, 2.45) is 0 Å². The van der Waals surface area contributed by atoms with Crippen LogP contribution in [-0.4, -0.2) is 61.7 Å². The van der Waals surface area contributed by atoms with Crippen LogP contribution in [0.15, 0.2) is 24.5 Å². The lowest BCUT2D eigenvalue weighted by Crippen LogP contribution is -2.55. The molecule has 1 fully saturated rings. The van der Waals surface area contributed by atoms with Gasteiger partial charge in [0.2, 0.25) is 5.95 Å². The van der Waals surface area contributed by atoms with Gasteiger partial charge in [0.1, 0.15) is 5.65 Å². The van der Waals surface area contributed by atoms with E-state index < -0.39 is 5.95 Å². The Labute approximate surface area is 162 Å². The number of pyridine rings is 1. The van der Waals surface area contributed by atoms with E-state index in [9.17, 15) is 9.18 Å². The van der Waals surface area contributed by atoms with Crippen molar-refractivity contribution in [3.05, 3.63) is 53.2 Å². The van der Waals surface area contributed by atoms with Gasteiger partial charge in [-0.15, -0.1) is 0 Å². The Morgan fingerprint density at radius 1 is 1.25 bits per heavy atom. The number of amides is 1. The number of aromatic nitrogens is 4. The molecule has 0 aliphatic carbocycles. The predicted molar refractivity (Wildman–Crippen MR) is 102 cm³/mol. The number of H-pyrrole nitrogens is 1. The third-order valence-electron chi connectivity index (χ3n) is 6.45. The molecule has 0 bridgehead atoms. The first-order chi connectivity index (χ1) is 13.5. The third kappa shape index (κ3) is 2.33. The Balaban J connectivity index is 1.42. The number of aromatic amines is 1. The Bertz CT molecular complexity index is 1060. The van der Waals surface area contributed by atoms with Gasteiger partial charge in [-0.2, -0.15) is 4.39 Å². The number of nitrogens with zero attached hydrogens (tertiary/aromatic N) is 5. The van der Waals surface area contributed by atoms with Crippen LogP contribution >= 0.6 is 0 Å². The summed E-state index contributed by atoms with van der Waals surface area (Å²) in [4.78, 5) is 29.2. The first-order valence-electron chi connectivity index (χ1n) is 9.68. The molecular weight excluding hydrogens is 359 g/mol. The van der Waals surface area contributed by atoms with Crippen LogP contribution in [0.4, 0.5) is 4.39 Å². The second-order valence-electron chi connectivity index (χ2n) is 7.84. The smallest absolute Gasteiger partial charge is 0.277 e. The minimum Gasteiger partial charge on any atom is -0.348 e. The van der Waals surface area contributed by atoms with Crippen molar-refractivity contribution in [1.29, 1.82) is 0 Å². The van der Waals surface area contributed by atoms with Crippen LogP contribution in [0.1, 0.15) is 40.4 Å². The van der Waals surface area contributed by atoms with Gasteiger partial charge in [0.15, 0.2) is 5.69 Å². The Morgan fingerprint density at radius 2 is 2.04 bits per heavy atom. The number of rotatable bonds is 1. The van der Waals surface area contributed by atoms with Crippen LogP contribution in [0.25, 0.3) is 5.65 Å². The fourth-order valence-electron chi connectivity index (χ4n) is 4.78. The molecule has 0 unspecified atom stereocenters. The van der Waals surface area contributed by atoms with E-state index in [-0.39, 0.29) is 17.1 Å². The number of likely N-dealkylation sites (N-methyl/N-ethyl adjacent to an activating group) is 1. The van der Waals surface area contributed by atoms with Crippen LogP contribution in [-0.2, 0) is 12.0 Å². The van der Waals surface area contributed by atoms with Crippen molar-refractivity contribution in [3.63, 3.8) is 0 Å². The lowest BCUT2D eigenvalue weighted by atomic mass is 9.79. The van der Waals surface area contributed by atoms with E-state index in [1.54, 1.807) is 30.3 Å². The lowest BCUT2D eigenvalue weighted by molar-refractivity contribution is 0.0221. The maximum absolute atomic E-state index is 14.9. The number of fused-ring (bicyclic) bond motifs is 3. The minimum absolute atomic E-state index is 0.0947. The second kappa shape index (κ2) is 6.13. The van der Waals surface area contributed by atoms with Crippen LogP contribution in [0.2, 0.25) is 0 Å². The largest absolute Gasteiger partial charge is 0.348 e. The molecule has 0 atom stereocenters. The fourth-order valence-corrected chi connectivity index (χ4v) is 4.78. The summed E-state index contributed by atoms with van der Waals surface area (Å²) in [6.45, 7) is 3.88. The number of likely N-dealkylation sites (tertiary alicyclic amines) is 1.